The number of hydrogen-bond donors (Lipinski definition) is 1. The maximum absolute atomic E-state index is 10.6. The van der Waals surface area contributed by atoms with E-state index in [1.54, 1.807) is 0 Å². The maximum atomic E-state index is 10.6. The van der Waals surface area contributed by atoms with E-state index < -0.39 is 5.97 Å². The van der Waals surface area contributed by atoms with Crippen LogP contribution in [0.4, 0.5) is 0 Å². The molecule has 0 saturated carbocycles. The second-order valence-corrected chi connectivity index (χ2v) is 5.89. The highest BCUT2D eigenvalue weighted by molar-refractivity contribution is 5.51. The smallest absolute Gasteiger partial charge is 0.368 e. The van der Waals surface area contributed by atoms with Gasteiger partial charge in [-0.2, -0.15) is 0 Å². The van der Waals surface area contributed by atoms with Gasteiger partial charge in [0, 0.05) is 16.5 Å². The van der Waals surface area contributed by atoms with Crippen molar-refractivity contribution in [3.05, 3.63) is 59.7 Å². The molecule has 0 unspecified atom stereocenters. The molecule has 3 rings (SSSR count). The second-order valence-electron chi connectivity index (χ2n) is 5.89. The van der Waals surface area contributed by atoms with Crippen LogP contribution in [0.3, 0.4) is 0 Å². The number of fused-ring (bicyclic) bond motifs is 2. The number of benzene rings is 2. The summed E-state index contributed by atoms with van der Waals surface area (Å²) in [7, 11) is 0. The third-order valence-corrected chi connectivity index (χ3v) is 4.11. The molecule has 3 nitrogen and oxygen atoms in total. The van der Waals surface area contributed by atoms with Gasteiger partial charge in [-0.05, 0) is 12.1 Å². The molecule has 0 atom stereocenters. The van der Waals surface area contributed by atoms with E-state index in [0.717, 1.165) is 11.1 Å². The average molecular weight is 284 g/mol. The lowest BCUT2D eigenvalue weighted by molar-refractivity contribution is -0.275. The van der Waals surface area contributed by atoms with Gasteiger partial charge in [-0.15, -0.1) is 0 Å². The molecular weight excluding hydrogens is 264 g/mol. The molecule has 0 spiro atoms. The molecule has 0 aromatic heterocycles. The zero-order valence-corrected chi connectivity index (χ0v) is 12.6. The summed E-state index contributed by atoms with van der Waals surface area (Å²) in [6, 6.07) is 15.6. The molecule has 21 heavy (non-hydrogen) atoms. The molecule has 0 saturated heterocycles. The second kappa shape index (κ2) is 4.78. The van der Waals surface area contributed by atoms with Gasteiger partial charge < -0.3 is 14.6 Å². The molecular formula is C18H20O3. The third-order valence-electron chi connectivity index (χ3n) is 4.11. The van der Waals surface area contributed by atoms with E-state index in [-0.39, 0.29) is 5.41 Å². The van der Waals surface area contributed by atoms with Crippen LogP contribution in [0.25, 0.3) is 0 Å². The van der Waals surface area contributed by atoms with Crippen LogP contribution in [0.5, 0.6) is 11.5 Å². The van der Waals surface area contributed by atoms with Gasteiger partial charge in [0.15, 0.2) is 0 Å². The summed E-state index contributed by atoms with van der Waals surface area (Å²) in [6.45, 7) is 6.10. The quantitative estimate of drug-likeness (QED) is 0.864. The van der Waals surface area contributed by atoms with Gasteiger partial charge in [-0.1, -0.05) is 57.2 Å². The van der Waals surface area contributed by atoms with Crippen molar-refractivity contribution in [1.29, 1.82) is 0 Å². The van der Waals surface area contributed by atoms with Gasteiger partial charge in [0.1, 0.15) is 11.5 Å². The minimum Gasteiger partial charge on any atom is -0.430 e. The van der Waals surface area contributed by atoms with E-state index in [1.807, 2.05) is 55.5 Å². The van der Waals surface area contributed by atoms with Crippen LogP contribution in [-0.4, -0.2) is 11.1 Å². The number of aliphatic hydroxyl groups is 1. The highest BCUT2D eigenvalue weighted by Crippen LogP contribution is 2.44. The molecule has 0 bridgehead atoms. The monoisotopic (exact) mass is 284 g/mol. The summed E-state index contributed by atoms with van der Waals surface area (Å²) < 4.78 is 11.6. The first-order valence-corrected chi connectivity index (χ1v) is 7.26. The summed E-state index contributed by atoms with van der Waals surface area (Å²) in [6.07, 6.45) is 0.329. The van der Waals surface area contributed by atoms with Crippen LogP contribution in [0.15, 0.2) is 48.5 Å². The van der Waals surface area contributed by atoms with Crippen molar-refractivity contribution < 1.29 is 14.6 Å². The minimum atomic E-state index is -1.65. The average Bonchev–Trinajstić information content (AvgIpc) is 2.47. The van der Waals surface area contributed by atoms with E-state index in [1.165, 1.54) is 0 Å². The Bertz CT molecular complexity index is 610. The van der Waals surface area contributed by atoms with E-state index in [9.17, 15) is 5.11 Å². The largest absolute Gasteiger partial charge is 0.430 e. The fourth-order valence-corrected chi connectivity index (χ4v) is 2.80. The Kier molecular flexibility index (Phi) is 3.18. The first-order chi connectivity index (χ1) is 9.96. The molecule has 0 aliphatic carbocycles. The van der Waals surface area contributed by atoms with Gasteiger partial charge >= 0.3 is 5.97 Å². The van der Waals surface area contributed by atoms with E-state index >= 15 is 0 Å². The molecule has 0 fully saturated rings. The summed E-state index contributed by atoms with van der Waals surface area (Å²) in [4.78, 5) is 0. The molecule has 1 aliphatic rings. The Hall–Kier alpha value is -2.00. The Balaban J connectivity index is 2.27. The van der Waals surface area contributed by atoms with Crippen molar-refractivity contribution in [3.63, 3.8) is 0 Å². The number of ether oxygens (including phenoxy) is 2. The molecule has 2 aromatic rings. The molecule has 1 heterocycles. The molecule has 110 valence electrons. The molecule has 2 aromatic carbocycles. The Labute approximate surface area is 125 Å². The zero-order chi connectivity index (χ0) is 15.1. The van der Waals surface area contributed by atoms with Crippen molar-refractivity contribution in [2.24, 2.45) is 0 Å². The van der Waals surface area contributed by atoms with Crippen molar-refractivity contribution in [3.8, 4) is 11.5 Å². The summed E-state index contributed by atoms with van der Waals surface area (Å²) in [5.74, 6) is -0.342. The minimum absolute atomic E-state index is 0.276. The fourth-order valence-electron chi connectivity index (χ4n) is 2.80. The lowest BCUT2D eigenvalue weighted by Crippen LogP contribution is -2.44. The topological polar surface area (TPSA) is 38.7 Å². The molecule has 0 amide bonds. The molecule has 1 N–H and O–H groups in total. The highest BCUT2D eigenvalue weighted by Gasteiger charge is 2.39. The number of rotatable bonds is 1. The predicted octanol–water partition coefficient (Wildman–Crippen LogP) is 3.84. The van der Waals surface area contributed by atoms with Gasteiger partial charge in [0.25, 0.3) is 0 Å². The van der Waals surface area contributed by atoms with E-state index in [2.05, 4.69) is 13.8 Å². The molecule has 1 aliphatic heterocycles. The summed E-state index contributed by atoms with van der Waals surface area (Å²) in [5.41, 5.74) is 1.79. The van der Waals surface area contributed by atoms with Gasteiger partial charge in [0.2, 0.25) is 0 Å². The normalized spacial score (nSPS) is 18.3. The van der Waals surface area contributed by atoms with E-state index in [4.69, 9.17) is 9.47 Å². The van der Waals surface area contributed by atoms with Gasteiger partial charge in [-0.3, -0.25) is 0 Å². The SMILES string of the molecule is CCC1(O)Oc2ccccc2C(C)(C)c2ccccc2O1. The maximum Gasteiger partial charge on any atom is 0.368 e. The van der Waals surface area contributed by atoms with Crippen LogP contribution in [0.2, 0.25) is 0 Å². The van der Waals surface area contributed by atoms with Crippen LogP contribution in [0.1, 0.15) is 38.3 Å². The van der Waals surface area contributed by atoms with Gasteiger partial charge in [-0.25, -0.2) is 0 Å². The third kappa shape index (κ3) is 2.28. The van der Waals surface area contributed by atoms with Crippen molar-refractivity contribution in [1.82, 2.24) is 0 Å². The van der Waals surface area contributed by atoms with Crippen LogP contribution < -0.4 is 9.47 Å². The Morgan fingerprint density at radius 3 is 1.71 bits per heavy atom. The summed E-state index contributed by atoms with van der Waals surface area (Å²) >= 11 is 0. The Morgan fingerprint density at radius 2 is 1.29 bits per heavy atom. The van der Waals surface area contributed by atoms with Crippen molar-refractivity contribution in [2.45, 2.75) is 38.6 Å². The highest BCUT2D eigenvalue weighted by atomic mass is 16.8. The van der Waals surface area contributed by atoms with Gasteiger partial charge in [0.05, 0.1) is 6.42 Å². The molecule has 0 radical (unpaired) electrons. The number of hydrogen-bond acceptors (Lipinski definition) is 3. The van der Waals surface area contributed by atoms with Crippen molar-refractivity contribution in [2.75, 3.05) is 0 Å². The fraction of sp³-hybridized carbons (Fsp3) is 0.333. The van der Waals surface area contributed by atoms with Crippen LogP contribution in [-0.2, 0) is 5.41 Å². The number of para-hydroxylation sites is 2. The lowest BCUT2D eigenvalue weighted by atomic mass is 9.77. The van der Waals surface area contributed by atoms with Crippen molar-refractivity contribution >= 4 is 0 Å². The summed E-state index contributed by atoms with van der Waals surface area (Å²) in [5, 5.41) is 10.6. The first kappa shape index (κ1) is 14.0. The Morgan fingerprint density at radius 1 is 0.857 bits per heavy atom. The first-order valence-electron chi connectivity index (χ1n) is 7.26. The van der Waals surface area contributed by atoms with E-state index in [0.29, 0.717) is 17.9 Å². The standard InChI is InChI=1S/C18H20O3/c1-4-18(19)20-15-11-7-5-9-13(15)17(2,3)14-10-6-8-12-16(14)21-18/h5-12,19H,4H2,1-3H3. The molecule has 3 heteroatoms. The lowest BCUT2D eigenvalue weighted by Gasteiger charge is -2.37. The predicted molar refractivity (Wildman–Crippen MR) is 81.5 cm³/mol. The van der Waals surface area contributed by atoms with Crippen LogP contribution >= 0.6 is 0 Å². The zero-order valence-electron chi connectivity index (χ0n) is 12.6. The van der Waals surface area contributed by atoms with Crippen LogP contribution in [0, 0.1) is 0 Å².